The summed E-state index contributed by atoms with van der Waals surface area (Å²) >= 11 is 0. The summed E-state index contributed by atoms with van der Waals surface area (Å²) in [6.07, 6.45) is -17.8. The summed E-state index contributed by atoms with van der Waals surface area (Å²) in [6, 6.07) is -3.48. The van der Waals surface area contributed by atoms with E-state index in [4.69, 9.17) is 52.4 Å². The van der Waals surface area contributed by atoms with Crippen molar-refractivity contribution >= 4 is 17.8 Å². The van der Waals surface area contributed by atoms with Crippen LogP contribution in [0, 0.1) is 0 Å². The molecule has 2 amide bonds. The molecule has 15 atom stereocenters. The van der Waals surface area contributed by atoms with Gasteiger partial charge >= 0.3 is 5.97 Å². The maximum absolute atomic E-state index is 12.7. The standard InChI is InChI=1S/C26H48N6O14/c27-4-3-11(33)25(41)32-10-5-9(29)23(45-17-6-12(34)19(37)13(7-28)43-17)22(40)24(10)46-26-21(39)18(31)20(38)14(44-26)8-42-16(36)2-1-15(30)35/h9-14,17-24,26,33-34,37-40H,1-8,27-29,31H2,(H2,30,35)(H,32,41)/t9-,10+,11-,12+,13+,14+,17+,18-,19-,20+,21+,22-,23+,24-,26+/m0/s1. The molecule has 1 saturated carbocycles. The Bertz CT molecular complexity index is 1020. The second-order valence-corrected chi connectivity index (χ2v) is 11.7. The Hall–Kier alpha value is -2.15. The van der Waals surface area contributed by atoms with E-state index in [-0.39, 0.29) is 45.2 Å². The Morgan fingerprint density at radius 1 is 0.870 bits per heavy atom. The Morgan fingerprint density at radius 3 is 2.20 bits per heavy atom. The van der Waals surface area contributed by atoms with Crippen molar-refractivity contribution in [1.29, 1.82) is 0 Å². The van der Waals surface area contributed by atoms with Gasteiger partial charge in [-0.2, -0.15) is 0 Å². The zero-order valence-corrected chi connectivity index (χ0v) is 25.2. The van der Waals surface area contributed by atoms with Crippen LogP contribution in [0.1, 0.15) is 32.1 Å². The topological polar surface area (TPSA) is 361 Å². The molecule has 0 aromatic rings. The molecule has 0 aromatic heterocycles. The van der Waals surface area contributed by atoms with Gasteiger partial charge in [0.15, 0.2) is 12.6 Å². The van der Waals surface area contributed by atoms with Crippen molar-refractivity contribution in [3.63, 3.8) is 0 Å². The lowest BCUT2D eigenvalue weighted by molar-refractivity contribution is -0.318. The molecule has 17 N–H and O–H groups in total. The van der Waals surface area contributed by atoms with Gasteiger partial charge in [-0.1, -0.05) is 0 Å². The minimum Gasteiger partial charge on any atom is -0.463 e. The first kappa shape index (κ1) is 38.3. The number of aliphatic hydroxyl groups excluding tert-OH is 6. The van der Waals surface area contributed by atoms with E-state index < -0.39 is 116 Å². The highest BCUT2D eigenvalue weighted by molar-refractivity contribution is 5.81. The molecule has 2 saturated heterocycles. The van der Waals surface area contributed by atoms with Crippen molar-refractivity contribution in [3.05, 3.63) is 0 Å². The summed E-state index contributed by atoms with van der Waals surface area (Å²) in [4.78, 5) is 35.7. The van der Waals surface area contributed by atoms with E-state index in [0.717, 1.165) is 0 Å². The first-order chi connectivity index (χ1) is 21.7. The van der Waals surface area contributed by atoms with Gasteiger partial charge in [-0.3, -0.25) is 14.4 Å². The summed E-state index contributed by atoms with van der Waals surface area (Å²) in [5, 5.41) is 66.0. The minimum absolute atomic E-state index is 0.000219. The molecular weight excluding hydrogens is 620 g/mol. The van der Waals surface area contributed by atoms with Crippen molar-refractivity contribution in [2.24, 2.45) is 28.7 Å². The molecule has 0 aromatic carbocycles. The number of esters is 1. The third-order valence-corrected chi connectivity index (χ3v) is 8.20. The number of ether oxygens (including phenoxy) is 5. The molecule has 20 heteroatoms. The van der Waals surface area contributed by atoms with Gasteiger partial charge in [0.1, 0.15) is 61.5 Å². The fraction of sp³-hybridized carbons (Fsp3) is 0.885. The number of hydrogen-bond donors (Lipinski definition) is 12. The highest BCUT2D eigenvalue weighted by atomic mass is 16.7. The van der Waals surface area contributed by atoms with Crippen LogP contribution < -0.4 is 34.0 Å². The highest BCUT2D eigenvalue weighted by Crippen LogP contribution is 2.32. The van der Waals surface area contributed by atoms with Gasteiger partial charge in [0.25, 0.3) is 0 Å². The van der Waals surface area contributed by atoms with Crippen LogP contribution in [-0.4, -0.2) is 160 Å². The molecular formula is C26H48N6O14. The molecule has 3 fully saturated rings. The molecule has 20 nitrogen and oxygen atoms in total. The van der Waals surface area contributed by atoms with Gasteiger partial charge in [0.05, 0.1) is 24.6 Å². The molecule has 2 heterocycles. The zero-order valence-electron chi connectivity index (χ0n) is 25.2. The third kappa shape index (κ3) is 9.70. The maximum Gasteiger partial charge on any atom is 0.306 e. The fourth-order valence-electron chi connectivity index (χ4n) is 5.52. The lowest BCUT2D eigenvalue weighted by Crippen LogP contribution is -2.69. The van der Waals surface area contributed by atoms with Crippen LogP contribution in [-0.2, 0) is 38.1 Å². The average molecular weight is 669 g/mol. The van der Waals surface area contributed by atoms with E-state index in [9.17, 15) is 45.0 Å². The number of carbonyl (C=O) groups excluding carboxylic acids is 3. The summed E-state index contributed by atoms with van der Waals surface area (Å²) in [5.74, 6) is -2.39. The molecule has 46 heavy (non-hydrogen) atoms. The zero-order chi connectivity index (χ0) is 34.3. The van der Waals surface area contributed by atoms with E-state index in [1.165, 1.54) is 0 Å². The SMILES string of the molecule is NCC[C@H](O)C(=O)N[C@@H]1C[C@H](N)[C@@H](O[C@@H]2C[C@@H](O)[C@H](O)[C@@H](CN)O2)[C@H](O)[C@H]1O[C@H]1O[C@H](COC(=O)CCC(N)=O)[C@@H](O)[C@H](N)[C@H]1O. The average Bonchev–Trinajstić information content (AvgIpc) is 3.00. The second-order valence-electron chi connectivity index (χ2n) is 11.7. The van der Waals surface area contributed by atoms with E-state index >= 15 is 0 Å². The Morgan fingerprint density at radius 2 is 1.57 bits per heavy atom. The number of hydrogen-bond acceptors (Lipinski definition) is 18. The van der Waals surface area contributed by atoms with Crippen molar-refractivity contribution in [1.82, 2.24) is 5.32 Å². The summed E-state index contributed by atoms with van der Waals surface area (Å²) in [5.41, 5.74) is 28.4. The molecule has 2 aliphatic heterocycles. The molecule has 3 rings (SSSR count). The first-order valence-electron chi connectivity index (χ1n) is 15.0. The van der Waals surface area contributed by atoms with Crippen molar-refractivity contribution in [2.45, 2.75) is 124 Å². The van der Waals surface area contributed by atoms with Crippen molar-refractivity contribution < 1.29 is 68.7 Å². The molecule has 3 aliphatic rings. The van der Waals surface area contributed by atoms with Crippen LogP contribution >= 0.6 is 0 Å². The quantitative estimate of drug-likeness (QED) is 0.0764. The number of nitrogens with two attached hydrogens (primary N) is 5. The third-order valence-electron chi connectivity index (χ3n) is 8.20. The van der Waals surface area contributed by atoms with Crippen LogP contribution in [0.4, 0.5) is 0 Å². The second kappa shape index (κ2) is 17.3. The van der Waals surface area contributed by atoms with Gasteiger partial charge in [0, 0.05) is 25.4 Å². The molecule has 0 unspecified atom stereocenters. The van der Waals surface area contributed by atoms with Gasteiger partial charge in [-0.05, 0) is 19.4 Å². The van der Waals surface area contributed by atoms with Crippen LogP contribution in [0.2, 0.25) is 0 Å². The Kier molecular flexibility index (Phi) is 14.4. The summed E-state index contributed by atoms with van der Waals surface area (Å²) < 4.78 is 28.3. The molecule has 266 valence electrons. The smallest absolute Gasteiger partial charge is 0.306 e. The highest BCUT2D eigenvalue weighted by Gasteiger charge is 2.51. The van der Waals surface area contributed by atoms with E-state index in [2.05, 4.69) is 5.32 Å². The number of carbonyl (C=O) groups is 3. The Labute approximate surface area is 264 Å². The predicted molar refractivity (Wildman–Crippen MR) is 152 cm³/mol. The fourth-order valence-corrected chi connectivity index (χ4v) is 5.52. The lowest BCUT2D eigenvalue weighted by Gasteiger charge is -2.48. The maximum atomic E-state index is 12.7. The predicted octanol–water partition coefficient (Wildman–Crippen LogP) is -7.58. The normalized spacial score (nSPS) is 40.6. The first-order valence-corrected chi connectivity index (χ1v) is 15.0. The summed E-state index contributed by atoms with van der Waals surface area (Å²) in [6.45, 7) is -0.698. The largest absolute Gasteiger partial charge is 0.463 e. The number of amides is 2. The lowest BCUT2D eigenvalue weighted by atomic mass is 9.83. The van der Waals surface area contributed by atoms with Crippen LogP contribution in [0.3, 0.4) is 0 Å². The molecule has 0 bridgehead atoms. The Balaban J connectivity index is 1.80. The van der Waals surface area contributed by atoms with Gasteiger partial charge < -0.3 is 88.3 Å². The molecule has 1 aliphatic carbocycles. The number of primary amides is 1. The number of nitrogens with one attached hydrogen (secondary N) is 1. The monoisotopic (exact) mass is 668 g/mol. The van der Waals surface area contributed by atoms with Gasteiger partial charge in [-0.25, -0.2) is 0 Å². The van der Waals surface area contributed by atoms with Gasteiger partial charge in [0.2, 0.25) is 11.8 Å². The van der Waals surface area contributed by atoms with E-state index in [1.807, 2.05) is 0 Å². The van der Waals surface area contributed by atoms with Crippen molar-refractivity contribution in [3.8, 4) is 0 Å². The minimum atomic E-state index is -1.69. The molecule has 0 radical (unpaired) electrons. The van der Waals surface area contributed by atoms with Gasteiger partial charge in [-0.15, -0.1) is 0 Å². The van der Waals surface area contributed by atoms with E-state index in [1.54, 1.807) is 0 Å². The van der Waals surface area contributed by atoms with Crippen LogP contribution in [0.5, 0.6) is 0 Å². The summed E-state index contributed by atoms with van der Waals surface area (Å²) in [7, 11) is 0. The number of aliphatic hydroxyl groups is 6. The number of rotatable bonds is 14. The molecule has 0 spiro atoms. The van der Waals surface area contributed by atoms with Crippen molar-refractivity contribution in [2.75, 3.05) is 19.7 Å². The van der Waals surface area contributed by atoms with Crippen LogP contribution in [0.25, 0.3) is 0 Å². The van der Waals surface area contributed by atoms with Crippen LogP contribution in [0.15, 0.2) is 0 Å². The van der Waals surface area contributed by atoms with E-state index in [0.29, 0.717) is 0 Å².